The molecule has 0 spiro atoms. The maximum atomic E-state index is 13.6. The predicted octanol–water partition coefficient (Wildman–Crippen LogP) is 4.73. The van der Waals surface area contributed by atoms with Crippen LogP contribution in [0.2, 0.25) is 0 Å². The van der Waals surface area contributed by atoms with Crippen LogP contribution in [0.3, 0.4) is 0 Å². The number of rotatable bonds is 7. The van der Waals surface area contributed by atoms with Crippen LogP contribution in [0.15, 0.2) is 77.4 Å². The van der Waals surface area contributed by atoms with E-state index in [4.69, 9.17) is 4.42 Å². The second-order valence-electron chi connectivity index (χ2n) is 5.54. The summed E-state index contributed by atoms with van der Waals surface area (Å²) in [6, 6.07) is 21.1. The topological polar surface area (TPSA) is 25.2 Å². The minimum Gasteiger partial charge on any atom is -0.469 e. The Morgan fingerprint density at radius 1 is 0.913 bits per heavy atom. The zero-order chi connectivity index (χ0) is 15.9. The van der Waals surface area contributed by atoms with Crippen molar-refractivity contribution >= 4 is 0 Å². The second-order valence-corrected chi connectivity index (χ2v) is 5.54. The minimum absolute atomic E-state index is 0.161. The van der Waals surface area contributed by atoms with Gasteiger partial charge in [0.25, 0.3) is 0 Å². The molecule has 0 fully saturated rings. The molecule has 2 aromatic carbocycles. The minimum atomic E-state index is -0.161. The molecular weight excluding hydrogens is 289 g/mol. The van der Waals surface area contributed by atoms with Crippen LogP contribution >= 0.6 is 0 Å². The van der Waals surface area contributed by atoms with E-state index in [2.05, 4.69) is 17.4 Å². The molecule has 1 aromatic heterocycles. The lowest BCUT2D eigenvalue weighted by atomic mass is 9.93. The first kappa shape index (κ1) is 15.5. The van der Waals surface area contributed by atoms with Gasteiger partial charge in [-0.3, -0.25) is 0 Å². The number of hydrogen-bond acceptors (Lipinski definition) is 2. The van der Waals surface area contributed by atoms with Crippen LogP contribution in [0, 0.1) is 5.82 Å². The molecular formula is C20H20FNO. The normalized spacial score (nSPS) is 12.2. The molecule has 2 nitrogen and oxygen atoms in total. The lowest BCUT2D eigenvalue weighted by Gasteiger charge is -2.15. The Labute approximate surface area is 136 Å². The van der Waals surface area contributed by atoms with Crippen molar-refractivity contribution in [2.45, 2.75) is 18.9 Å². The van der Waals surface area contributed by atoms with Crippen molar-refractivity contribution in [2.75, 3.05) is 6.54 Å². The van der Waals surface area contributed by atoms with E-state index in [1.165, 1.54) is 11.6 Å². The van der Waals surface area contributed by atoms with Gasteiger partial charge in [-0.15, -0.1) is 0 Å². The molecule has 0 aliphatic heterocycles. The van der Waals surface area contributed by atoms with Crippen molar-refractivity contribution < 1.29 is 8.81 Å². The molecule has 1 N–H and O–H groups in total. The van der Waals surface area contributed by atoms with Crippen LogP contribution in [0.1, 0.15) is 29.2 Å². The Morgan fingerprint density at radius 3 is 2.43 bits per heavy atom. The van der Waals surface area contributed by atoms with Gasteiger partial charge in [-0.05, 0) is 36.7 Å². The van der Waals surface area contributed by atoms with Crippen LogP contribution in [0.25, 0.3) is 0 Å². The lowest BCUT2D eigenvalue weighted by molar-refractivity contribution is 0.465. The van der Waals surface area contributed by atoms with E-state index >= 15 is 0 Å². The summed E-state index contributed by atoms with van der Waals surface area (Å²) in [6.45, 7) is 1.32. The van der Waals surface area contributed by atoms with Crippen molar-refractivity contribution in [3.63, 3.8) is 0 Å². The molecule has 1 atom stereocenters. The Kier molecular flexibility index (Phi) is 5.22. The molecule has 3 rings (SSSR count). The van der Waals surface area contributed by atoms with Crippen LogP contribution in [0.5, 0.6) is 0 Å². The number of furan rings is 1. The van der Waals surface area contributed by atoms with Gasteiger partial charge >= 0.3 is 0 Å². The van der Waals surface area contributed by atoms with Gasteiger partial charge in [0, 0.05) is 18.0 Å². The van der Waals surface area contributed by atoms with E-state index in [1.807, 2.05) is 42.5 Å². The first-order valence-electron chi connectivity index (χ1n) is 7.87. The summed E-state index contributed by atoms with van der Waals surface area (Å²) >= 11 is 0. The van der Waals surface area contributed by atoms with Crippen molar-refractivity contribution in [1.29, 1.82) is 0 Å². The van der Waals surface area contributed by atoms with E-state index in [0.29, 0.717) is 12.1 Å². The van der Waals surface area contributed by atoms with Crippen LogP contribution < -0.4 is 5.32 Å². The average molecular weight is 309 g/mol. The van der Waals surface area contributed by atoms with Gasteiger partial charge in [-0.2, -0.15) is 0 Å². The Bertz CT molecular complexity index is 710. The highest BCUT2D eigenvalue weighted by atomic mass is 19.1. The van der Waals surface area contributed by atoms with Crippen molar-refractivity contribution in [3.8, 4) is 0 Å². The van der Waals surface area contributed by atoms with Gasteiger partial charge in [-0.25, -0.2) is 4.39 Å². The first-order valence-corrected chi connectivity index (χ1v) is 7.87. The van der Waals surface area contributed by atoms with Gasteiger partial charge in [-0.1, -0.05) is 48.5 Å². The average Bonchev–Trinajstić information content (AvgIpc) is 3.11. The van der Waals surface area contributed by atoms with Gasteiger partial charge in [0.15, 0.2) is 0 Å². The van der Waals surface area contributed by atoms with Gasteiger partial charge in [0.1, 0.15) is 11.6 Å². The third-order valence-corrected chi connectivity index (χ3v) is 3.97. The molecule has 23 heavy (non-hydrogen) atoms. The summed E-state index contributed by atoms with van der Waals surface area (Å²) in [6.07, 6.45) is 2.60. The Morgan fingerprint density at radius 2 is 1.70 bits per heavy atom. The Hall–Kier alpha value is -2.39. The van der Waals surface area contributed by atoms with E-state index in [0.717, 1.165) is 18.7 Å². The highest BCUT2D eigenvalue weighted by molar-refractivity contribution is 5.27. The molecule has 0 bridgehead atoms. The number of halogens is 1. The molecule has 3 heteroatoms. The third kappa shape index (κ3) is 4.08. The first-order chi connectivity index (χ1) is 11.3. The van der Waals surface area contributed by atoms with Gasteiger partial charge < -0.3 is 9.73 Å². The summed E-state index contributed by atoms with van der Waals surface area (Å²) in [5, 5.41) is 3.32. The highest BCUT2D eigenvalue weighted by Gasteiger charge is 2.16. The summed E-state index contributed by atoms with van der Waals surface area (Å²) < 4.78 is 19.2. The van der Waals surface area contributed by atoms with Gasteiger partial charge in [0.05, 0.1) is 6.26 Å². The smallest absolute Gasteiger partial charge is 0.127 e. The summed E-state index contributed by atoms with van der Waals surface area (Å²) in [5.74, 6) is 1.01. The molecule has 0 saturated carbocycles. The number of benzene rings is 2. The molecule has 1 heterocycles. The number of nitrogens with one attached hydrogen (secondary N) is 1. The second kappa shape index (κ2) is 7.75. The molecule has 3 aromatic rings. The maximum Gasteiger partial charge on any atom is 0.127 e. The SMILES string of the molecule is Fc1ccccc1CNCC[C@@H](c1ccccc1)c1ccco1. The molecule has 0 unspecified atom stereocenters. The third-order valence-electron chi connectivity index (χ3n) is 3.97. The van der Waals surface area contributed by atoms with Gasteiger partial charge in [0.2, 0.25) is 0 Å². The quantitative estimate of drug-likeness (QED) is 0.638. The Balaban J connectivity index is 1.61. The zero-order valence-corrected chi connectivity index (χ0v) is 12.9. The highest BCUT2D eigenvalue weighted by Crippen LogP contribution is 2.27. The van der Waals surface area contributed by atoms with E-state index in [1.54, 1.807) is 12.3 Å². The molecule has 0 aliphatic rings. The molecule has 0 aliphatic carbocycles. The summed E-state index contributed by atoms with van der Waals surface area (Å²) in [4.78, 5) is 0. The van der Waals surface area contributed by atoms with Crippen LogP contribution in [0.4, 0.5) is 4.39 Å². The fourth-order valence-corrected chi connectivity index (χ4v) is 2.76. The molecule has 0 saturated heterocycles. The fraction of sp³-hybridized carbons (Fsp3) is 0.200. The zero-order valence-electron chi connectivity index (χ0n) is 12.9. The maximum absolute atomic E-state index is 13.6. The van der Waals surface area contributed by atoms with Crippen molar-refractivity contribution in [3.05, 3.63) is 95.7 Å². The van der Waals surface area contributed by atoms with E-state index in [9.17, 15) is 4.39 Å². The molecule has 118 valence electrons. The lowest BCUT2D eigenvalue weighted by Crippen LogP contribution is -2.18. The standard InChI is InChI=1S/C20H20FNO/c21-19-10-5-4-9-17(19)15-22-13-12-18(20-11-6-14-23-20)16-7-2-1-3-8-16/h1-11,14,18,22H,12-13,15H2/t18-/m0/s1. The molecule has 0 radical (unpaired) electrons. The summed E-state index contributed by atoms with van der Waals surface area (Å²) in [5.41, 5.74) is 1.93. The predicted molar refractivity (Wildman–Crippen MR) is 89.7 cm³/mol. The van der Waals surface area contributed by atoms with Crippen LogP contribution in [-0.2, 0) is 6.54 Å². The summed E-state index contributed by atoms with van der Waals surface area (Å²) in [7, 11) is 0. The number of hydrogen-bond donors (Lipinski definition) is 1. The van der Waals surface area contributed by atoms with Crippen molar-refractivity contribution in [2.24, 2.45) is 0 Å². The monoisotopic (exact) mass is 309 g/mol. The van der Waals surface area contributed by atoms with E-state index in [-0.39, 0.29) is 11.7 Å². The largest absolute Gasteiger partial charge is 0.469 e. The fourth-order valence-electron chi connectivity index (χ4n) is 2.76. The van der Waals surface area contributed by atoms with Crippen LogP contribution in [-0.4, -0.2) is 6.54 Å². The van der Waals surface area contributed by atoms with E-state index < -0.39 is 0 Å². The van der Waals surface area contributed by atoms with Crippen molar-refractivity contribution in [1.82, 2.24) is 5.32 Å². The molecule has 0 amide bonds.